The number of anilines is 1. The van der Waals surface area contributed by atoms with E-state index in [1.54, 1.807) is 25.1 Å². The fourth-order valence-corrected chi connectivity index (χ4v) is 3.73. The molecule has 0 unspecified atom stereocenters. The second-order valence-electron chi connectivity index (χ2n) is 6.57. The van der Waals surface area contributed by atoms with Crippen LogP contribution in [0.3, 0.4) is 0 Å². The van der Waals surface area contributed by atoms with Crippen LogP contribution in [0.2, 0.25) is 0 Å². The number of carbonyl (C=O) groups excluding carboxylic acids is 1. The Balaban J connectivity index is 1.69. The van der Waals surface area contributed by atoms with Crippen LogP contribution in [-0.2, 0) is 16.4 Å². The van der Waals surface area contributed by atoms with Crippen molar-refractivity contribution in [2.24, 2.45) is 0 Å². The standard InChI is InChI=1S/C21H22N4O3S/c1-16-19(20(26)24-29(27,28)18-11-7-4-8-12-18)15-22-21(23-16)25(2)14-13-17-9-5-3-6-10-17/h3-12,15H,13-14H2,1-2H3,(H,24,26). The lowest BCUT2D eigenvalue weighted by Gasteiger charge is -2.18. The molecule has 0 bridgehead atoms. The molecule has 7 nitrogen and oxygen atoms in total. The number of sulfonamides is 1. The van der Waals surface area contributed by atoms with Crippen LogP contribution in [0.1, 0.15) is 21.6 Å². The second kappa shape index (κ2) is 8.83. The number of aryl methyl sites for hydroxylation is 1. The summed E-state index contributed by atoms with van der Waals surface area (Å²) in [4.78, 5) is 23.0. The van der Waals surface area contributed by atoms with E-state index in [-0.39, 0.29) is 10.5 Å². The summed E-state index contributed by atoms with van der Waals surface area (Å²) in [5, 5.41) is 0. The molecule has 8 heteroatoms. The number of nitrogens with one attached hydrogen (secondary N) is 1. The zero-order valence-electron chi connectivity index (χ0n) is 16.2. The van der Waals surface area contributed by atoms with Crippen LogP contribution >= 0.6 is 0 Å². The summed E-state index contributed by atoms with van der Waals surface area (Å²) in [6, 6.07) is 17.8. The lowest BCUT2D eigenvalue weighted by Crippen LogP contribution is -2.31. The fraction of sp³-hybridized carbons (Fsp3) is 0.190. The minimum Gasteiger partial charge on any atom is -0.344 e. The predicted octanol–water partition coefficient (Wildman–Crippen LogP) is 2.58. The maximum absolute atomic E-state index is 12.5. The third-order valence-electron chi connectivity index (χ3n) is 4.41. The Morgan fingerprint density at radius 2 is 1.66 bits per heavy atom. The zero-order chi connectivity index (χ0) is 20.9. The van der Waals surface area contributed by atoms with Gasteiger partial charge in [-0.25, -0.2) is 23.1 Å². The van der Waals surface area contributed by atoms with Crippen molar-refractivity contribution < 1.29 is 13.2 Å². The molecule has 0 atom stereocenters. The van der Waals surface area contributed by atoms with Crippen molar-refractivity contribution in [2.45, 2.75) is 18.2 Å². The van der Waals surface area contributed by atoms with Crippen LogP contribution in [0.4, 0.5) is 5.95 Å². The lowest BCUT2D eigenvalue weighted by molar-refractivity contribution is 0.0980. The van der Waals surface area contributed by atoms with E-state index in [1.165, 1.54) is 23.9 Å². The normalized spacial score (nSPS) is 11.1. The SMILES string of the molecule is Cc1nc(N(C)CCc2ccccc2)ncc1C(=O)NS(=O)(=O)c1ccccc1. The van der Waals surface area contributed by atoms with Gasteiger partial charge in [-0.3, -0.25) is 4.79 Å². The predicted molar refractivity (Wildman–Crippen MR) is 111 cm³/mol. The van der Waals surface area contributed by atoms with Gasteiger partial charge in [0.15, 0.2) is 0 Å². The van der Waals surface area contributed by atoms with Gasteiger partial charge in [-0.2, -0.15) is 0 Å². The van der Waals surface area contributed by atoms with E-state index < -0.39 is 15.9 Å². The number of benzene rings is 2. The molecule has 29 heavy (non-hydrogen) atoms. The summed E-state index contributed by atoms with van der Waals surface area (Å²) >= 11 is 0. The third-order valence-corrected chi connectivity index (χ3v) is 5.76. The molecule has 1 N–H and O–H groups in total. The molecule has 0 fully saturated rings. The molecular formula is C21H22N4O3S. The second-order valence-corrected chi connectivity index (χ2v) is 8.26. The number of rotatable bonds is 7. The lowest BCUT2D eigenvalue weighted by atomic mass is 10.1. The van der Waals surface area contributed by atoms with Crippen molar-refractivity contribution in [3.05, 3.63) is 83.7 Å². The summed E-state index contributed by atoms with van der Waals surface area (Å²) in [5.74, 6) is -0.286. The molecule has 3 aromatic rings. The van der Waals surface area contributed by atoms with Gasteiger partial charge < -0.3 is 4.90 Å². The third kappa shape index (κ3) is 5.17. The molecule has 0 saturated carbocycles. The smallest absolute Gasteiger partial charge is 0.268 e. The molecule has 1 amide bonds. The Morgan fingerprint density at radius 1 is 1.03 bits per heavy atom. The van der Waals surface area contributed by atoms with Crippen LogP contribution in [0.15, 0.2) is 71.8 Å². The first-order valence-corrected chi connectivity index (χ1v) is 10.6. The number of aromatic nitrogens is 2. The molecular weight excluding hydrogens is 388 g/mol. The average Bonchev–Trinajstić information content (AvgIpc) is 2.73. The van der Waals surface area contributed by atoms with Gasteiger partial charge in [0.1, 0.15) is 0 Å². The van der Waals surface area contributed by atoms with Crippen molar-refractivity contribution in [3.8, 4) is 0 Å². The number of likely N-dealkylation sites (N-methyl/N-ethyl adjacent to an activating group) is 1. The Hall–Kier alpha value is -3.26. The number of hydrogen-bond acceptors (Lipinski definition) is 6. The molecule has 1 aromatic heterocycles. The number of amides is 1. The molecule has 0 aliphatic rings. The van der Waals surface area contributed by atoms with Gasteiger partial charge in [0, 0.05) is 19.8 Å². The van der Waals surface area contributed by atoms with Gasteiger partial charge in [0.25, 0.3) is 15.9 Å². The van der Waals surface area contributed by atoms with E-state index in [1.807, 2.05) is 30.1 Å². The quantitative estimate of drug-likeness (QED) is 0.644. The van der Waals surface area contributed by atoms with Crippen molar-refractivity contribution in [3.63, 3.8) is 0 Å². The van der Waals surface area contributed by atoms with Crippen LogP contribution in [-0.4, -0.2) is 37.9 Å². The minimum absolute atomic E-state index is 0.0178. The molecule has 1 heterocycles. The van der Waals surface area contributed by atoms with Gasteiger partial charge in [-0.1, -0.05) is 48.5 Å². The summed E-state index contributed by atoms with van der Waals surface area (Å²) in [6.45, 7) is 2.36. The van der Waals surface area contributed by atoms with Gasteiger partial charge >= 0.3 is 0 Å². The van der Waals surface area contributed by atoms with Crippen LogP contribution in [0.25, 0.3) is 0 Å². The average molecular weight is 410 g/mol. The largest absolute Gasteiger partial charge is 0.344 e. The summed E-state index contributed by atoms with van der Waals surface area (Å²) in [6.07, 6.45) is 2.18. The molecule has 0 radical (unpaired) electrons. The number of hydrogen-bond donors (Lipinski definition) is 1. The summed E-state index contributed by atoms with van der Waals surface area (Å²) < 4.78 is 26.7. The van der Waals surface area contributed by atoms with Gasteiger partial charge in [0.05, 0.1) is 16.2 Å². The molecule has 0 saturated heterocycles. The molecule has 0 aliphatic heterocycles. The first kappa shape index (κ1) is 20.5. The highest BCUT2D eigenvalue weighted by atomic mass is 32.2. The zero-order valence-corrected chi connectivity index (χ0v) is 17.1. The molecule has 0 spiro atoms. The van der Waals surface area contributed by atoms with Crippen molar-refractivity contribution >= 4 is 21.9 Å². The van der Waals surface area contributed by atoms with Crippen LogP contribution in [0.5, 0.6) is 0 Å². The Kier molecular flexibility index (Phi) is 6.23. The fourth-order valence-electron chi connectivity index (χ4n) is 2.74. The number of nitrogens with zero attached hydrogens (tertiary/aromatic N) is 3. The van der Waals surface area contributed by atoms with Crippen LogP contribution < -0.4 is 9.62 Å². The molecule has 0 aliphatic carbocycles. The van der Waals surface area contributed by atoms with Gasteiger partial charge in [0.2, 0.25) is 5.95 Å². The highest BCUT2D eigenvalue weighted by Crippen LogP contribution is 2.13. The van der Waals surface area contributed by atoms with E-state index in [9.17, 15) is 13.2 Å². The maximum Gasteiger partial charge on any atom is 0.268 e. The molecule has 2 aromatic carbocycles. The van der Waals surface area contributed by atoms with Crippen molar-refractivity contribution in [2.75, 3.05) is 18.5 Å². The minimum atomic E-state index is -3.96. The summed E-state index contributed by atoms with van der Waals surface area (Å²) in [5.41, 5.74) is 1.73. The molecule has 3 rings (SSSR count). The van der Waals surface area contributed by atoms with E-state index in [4.69, 9.17) is 0 Å². The van der Waals surface area contributed by atoms with Crippen molar-refractivity contribution in [1.29, 1.82) is 0 Å². The summed E-state index contributed by atoms with van der Waals surface area (Å²) in [7, 11) is -2.08. The van der Waals surface area contributed by atoms with E-state index in [0.717, 1.165) is 6.42 Å². The number of carbonyl (C=O) groups is 1. The maximum atomic E-state index is 12.5. The topological polar surface area (TPSA) is 92.3 Å². The monoisotopic (exact) mass is 410 g/mol. The first-order chi connectivity index (χ1) is 13.9. The Morgan fingerprint density at radius 3 is 2.28 bits per heavy atom. The van der Waals surface area contributed by atoms with Gasteiger partial charge in [-0.15, -0.1) is 0 Å². The molecule has 150 valence electrons. The Labute approximate surface area is 170 Å². The van der Waals surface area contributed by atoms with Gasteiger partial charge in [-0.05, 0) is 31.0 Å². The van der Waals surface area contributed by atoms with E-state index in [0.29, 0.717) is 18.2 Å². The van der Waals surface area contributed by atoms with E-state index in [2.05, 4.69) is 26.8 Å². The van der Waals surface area contributed by atoms with Crippen molar-refractivity contribution in [1.82, 2.24) is 14.7 Å². The highest BCUT2D eigenvalue weighted by molar-refractivity contribution is 7.90. The van der Waals surface area contributed by atoms with Crippen LogP contribution in [0, 0.1) is 6.92 Å². The van der Waals surface area contributed by atoms with E-state index >= 15 is 0 Å². The first-order valence-electron chi connectivity index (χ1n) is 9.08. The Bertz CT molecular complexity index is 1090. The highest BCUT2D eigenvalue weighted by Gasteiger charge is 2.21.